The van der Waals surface area contributed by atoms with Crippen molar-refractivity contribution in [2.24, 2.45) is 0 Å². The van der Waals surface area contributed by atoms with Crippen molar-refractivity contribution in [2.45, 2.75) is 13.3 Å². The van der Waals surface area contributed by atoms with E-state index in [2.05, 4.69) is 10.6 Å². The summed E-state index contributed by atoms with van der Waals surface area (Å²) in [5.74, 6) is 0.556. The van der Waals surface area contributed by atoms with Gasteiger partial charge in [-0.3, -0.25) is 9.59 Å². The van der Waals surface area contributed by atoms with E-state index in [4.69, 9.17) is 4.74 Å². The second kappa shape index (κ2) is 8.72. The molecule has 5 heteroatoms. The van der Waals surface area contributed by atoms with Gasteiger partial charge in [0.15, 0.2) is 0 Å². The molecule has 0 aliphatic carbocycles. The first kappa shape index (κ1) is 17.5. The van der Waals surface area contributed by atoms with Gasteiger partial charge >= 0.3 is 0 Å². The highest BCUT2D eigenvalue weighted by Gasteiger charge is 2.07. The maximum Gasteiger partial charge on any atom is 0.251 e. The zero-order chi connectivity index (χ0) is 17.4. The third-order valence-corrected chi connectivity index (χ3v) is 3.65. The molecule has 0 aromatic heterocycles. The van der Waals surface area contributed by atoms with Crippen molar-refractivity contribution in [3.05, 3.63) is 65.2 Å². The molecule has 0 saturated heterocycles. The van der Waals surface area contributed by atoms with Crippen LogP contribution in [0.25, 0.3) is 0 Å². The molecule has 0 aliphatic rings. The standard InChI is InChI=1S/C19H22N2O3/c1-14-5-3-4-6-17(14)19(23)21-12-11-20-18(22)13-15-7-9-16(24-2)10-8-15/h3-10H,11-13H2,1-2H3,(H,20,22)(H,21,23). The van der Waals surface area contributed by atoms with Crippen LogP contribution in [0, 0.1) is 6.92 Å². The molecule has 0 atom stereocenters. The SMILES string of the molecule is COc1ccc(CC(=O)NCCNC(=O)c2ccccc2C)cc1. The number of hydrogen-bond acceptors (Lipinski definition) is 3. The van der Waals surface area contributed by atoms with Gasteiger partial charge in [0, 0.05) is 18.7 Å². The Labute approximate surface area is 142 Å². The van der Waals surface area contributed by atoms with E-state index >= 15 is 0 Å². The number of aryl methyl sites for hydroxylation is 1. The van der Waals surface area contributed by atoms with Gasteiger partial charge in [0.2, 0.25) is 5.91 Å². The summed E-state index contributed by atoms with van der Waals surface area (Å²) in [6.07, 6.45) is 0.301. The molecule has 2 N–H and O–H groups in total. The lowest BCUT2D eigenvalue weighted by atomic mass is 10.1. The Morgan fingerprint density at radius 2 is 1.62 bits per heavy atom. The predicted molar refractivity (Wildman–Crippen MR) is 93.2 cm³/mol. The highest BCUT2D eigenvalue weighted by molar-refractivity contribution is 5.95. The number of rotatable bonds is 7. The smallest absolute Gasteiger partial charge is 0.251 e. The van der Waals surface area contributed by atoms with Crippen molar-refractivity contribution in [1.82, 2.24) is 10.6 Å². The summed E-state index contributed by atoms with van der Waals surface area (Å²) in [5.41, 5.74) is 2.50. The van der Waals surface area contributed by atoms with Gasteiger partial charge in [-0.25, -0.2) is 0 Å². The van der Waals surface area contributed by atoms with Gasteiger partial charge in [-0.1, -0.05) is 30.3 Å². The van der Waals surface area contributed by atoms with Crippen molar-refractivity contribution < 1.29 is 14.3 Å². The highest BCUT2D eigenvalue weighted by Crippen LogP contribution is 2.11. The normalized spacial score (nSPS) is 10.1. The summed E-state index contributed by atoms with van der Waals surface area (Å²) in [6, 6.07) is 14.8. The largest absolute Gasteiger partial charge is 0.497 e. The minimum Gasteiger partial charge on any atom is -0.497 e. The van der Waals surface area contributed by atoms with Crippen LogP contribution < -0.4 is 15.4 Å². The summed E-state index contributed by atoms with van der Waals surface area (Å²) in [5, 5.41) is 5.60. The summed E-state index contributed by atoms with van der Waals surface area (Å²) < 4.78 is 5.08. The van der Waals surface area contributed by atoms with Crippen molar-refractivity contribution >= 4 is 11.8 Å². The first-order valence-electron chi connectivity index (χ1n) is 7.83. The summed E-state index contributed by atoms with van der Waals surface area (Å²) in [4.78, 5) is 23.9. The molecule has 5 nitrogen and oxygen atoms in total. The molecule has 0 radical (unpaired) electrons. The van der Waals surface area contributed by atoms with E-state index in [1.54, 1.807) is 13.2 Å². The van der Waals surface area contributed by atoms with Crippen molar-refractivity contribution in [1.29, 1.82) is 0 Å². The number of carbonyl (C=O) groups excluding carboxylic acids is 2. The van der Waals surface area contributed by atoms with E-state index in [-0.39, 0.29) is 11.8 Å². The topological polar surface area (TPSA) is 67.4 Å². The van der Waals surface area contributed by atoms with Crippen LogP contribution >= 0.6 is 0 Å². The molecule has 2 aromatic rings. The molecule has 2 amide bonds. The van der Waals surface area contributed by atoms with Crippen LogP contribution in [0.5, 0.6) is 5.75 Å². The summed E-state index contributed by atoms with van der Waals surface area (Å²) in [7, 11) is 1.60. The Morgan fingerprint density at radius 3 is 2.29 bits per heavy atom. The molecule has 0 heterocycles. The number of nitrogens with one attached hydrogen (secondary N) is 2. The molecule has 2 rings (SSSR count). The molecule has 0 bridgehead atoms. The molecule has 0 unspecified atom stereocenters. The minimum absolute atomic E-state index is 0.0784. The molecule has 0 fully saturated rings. The molecular formula is C19H22N2O3. The van der Waals surface area contributed by atoms with Crippen LogP contribution in [0.1, 0.15) is 21.5 Å². The zero-order valence-electron chi connectivity index (χ0n) is 14.0. The van der Waals surface area contributed by atoms with Crippen molar-refractivity contribution in [3.63, 3.8) is 0 Å². The third-order valence-electron chi connectivity index (χ3n) is 3.65. The van der Waals surface area contributed by atoms with E-state index in [1.807, 2.05) is 49.4 Å². The number of ether oxygens (including phenoxy) is 1. The van der Waals surface area contributed by atoms with E-state index in [0.29, 0.717) is 25.1 Å². The Morgan fingerprint density at radius 1 is 0.958 bits per heavy atom. The van der Waals surface area contributed by atoms with Crippen LogP contribution in [0.15, 0.2) is 48.5 Å². The van der Waals surface area contributed by atoms with E-state index in [1.165, 1.54) is 0 Å². The van der Waals surface area contributed by atoms with E-state index in [9.17, 15) is 9.59 Å². The lowest BCUT2D eigenvalue weighted by Gasteiger charge is -2.09. The quantitative estimate of drug-likeness (QED) is 0.766. The molecule has 0 spiro atoms. The first-order chi connectivity index (χ1) is 11.6. The van der Waals surface area contributed by atoms with Crippen molar-refractivity contribution in [3.8, 4) is 5.75 Å². The number of hydrogen-bond donors (Lipinski definition) is 2. The Bertz CT molecular complexity index is 696. The second-order valence-electron chi connectivity index (χ2n) is 5.45. The fourth-order valence-electron chi connectivity index (χ4n) is 2.29. The predicted octanol–water partition coefficient (Wildman–Crippen LogP) is 2.09. The van der Waals surface area contributed by atoms with Crippen LogP contribution in [0.2, 0.25) is 0 Å². The van der Waals surface area contributed by atoms with Gasteiger partial charge < -0.3 is 15.4 Å². The lowest BCUT2D eigenvalue weighted by molar-refractivity contribution is -0.120. The molecule has 2 aromatic carbocycles. The maximum absolute atomic E-state index is 12.0. The van der Waals surface area contributed by atoms with Crippen molar-refractivity contribution in [2.75, 3.05) is 20.2 Å². The summed E-state index contributed by atoms with van der Waals surface area (Å²) >= 11 is 0. The van der Waals surface area contributed by atoms with E-state index < -0.39 is 0 Å². The molecule has 126 valence electrons. The maximum atomic E-state index is 12.0. The van der Waals surface area contributed by atoms with Gasteiger partial charge in [-0.15, -0.1) is 0 Å². The zero-order valence-corrected chi connectivity index (χ0v) is 14.0. The molecular weight excluding hydrogens is 304 g/mol. The Balaban J connectivity index is 1.70. The number of benzene rings is 2. The number of carbonyl (C=O) groups is 2. The minimum atomic E-state index is -0.127. The van der Waals surface area contributed by atoms with Gasteiger partial charge in [-0.2, -0.15) is 0 Å². The van der Waals surface area contributed by atoms with Gasteiger partial charge in [-0.05, 0) is 36.2 Å². The number of amides is 2. The molecule has 0 saturated carbocycles. The third kappa shape index (κ3) is 5.12. The van der Waals surface area contributed by atoms with Crippen LogP contribution in [-0.4, -0.2) is 32.0 Å². The van der Waals surface area contributed by atoms with Gasteiger partial charge in [0.05, 0.1) is 13.5 Å². The monoisotopic (exact) mass is 326 g/mol. The first-order valence-corrected chi connectivity index (χ1v) is 7.83. The highest BCUT2D eigenvalue weighted by atomic mass is 16.5. The van der Waals surface area contributed by atoms with Crippen LogP contribution in [-0.2, 0) is 11.2 Å². The molecule has 24 heavy (non-hydrogen) atoms. The summed E-state index contributed by atoms with van der Waals surface area (Å²) in [6.45, 7) is 2.68. The van der Waals surface area contributed by atoms with Gasteiger partial charge in [0.25, 0.3) is 5.91 Å². The average Bonchev–Trinajstić information content (AvgIpc) is 2.59. The fourth-order valence-corrected chi connectivity index (χ4v) is 2.29. The Hall–Kier alpha value is -2.82. The van der Waals surface area contributed by atoms with Gasteiger partial charge in [0.1, 0.15) is 5.75 Å². The van der Waals surface area contributed by atoms with Crippen LogP contribution in [0.3, 0.4) is 0 Å². The van der Waals surface area contributed by atoms with Crippen LogP contribution in [0.4, 0.5) is 0 Å². The second-order valence-corrected chi connectivity index (χ2v) is 5.45. The average molecular weight is 326 g/mol. The fraction of sp³-hybridized carbons (Fsp3) is 0.263. The van der Waals surface area contributed by atoms with E-state index in [0.717, 1.165) is 16.9 Å². The Kier molecular flexibility index (Phi) is 6.37. The molecule has 0 aliphatic heterocycles. The lowest BCUT2D eigenvalue weighted by Crippen LogP contribution is -2.35. The number of methoxy groups -OCH3 is 1.